The summed E-state index contributed by atoms with van der Waals surface area (Å²) in [5.41, 5.74) is 0. The van der Waals surface area contributed by atoms with Gasteiger partial charge in [0, 0.05) is 64.6 Å². The largest absolute Gasteiger partial charge is 0.338 e. The van der Waals surface area contributed by atoms with E-state index in [4.69, 9.17) is 0 Å². The Morgan fingerprint density at radius 2 is 2.17 bits per heavy atom. The van der Waals surface area contributed by atoms with Crippen molar-refractivity contribution in [3.05, 3.63) is 18.2 Å². The Hall–Kier alpha value is -0.910. The molecule has 1 atom stereocenters. The van der Waals surface area contributed by atoms with Gasteiger partial charge in [0.05, 0.1) is 0 Å². The molecule has 5 nitrogen and oxygen atoms in total. The SMILES string of the molecule is CN1CCN(C)C(CNCCc2nccn2C)C1. The van der Waals surface area contributed by atoms with E-state index in [1.807, 2.05) is 19.4 Å². The van der Waals surface area contributed by atoms with Gasteiger partial charge in [-0.05, 0) is 14.1 Å². The number of nitrogens with one attached hydrogen (secondary N) is 1. The first kappa shape index (κ1) is 13.5. The lowest BCUT2D eigenvalue weighted by atomic mass is 10.2. The van der Waals surface area contributed by atoms with Crippen LogP contribution in [0.3, 0.4) is 0 Å². The van der Waals surface area contributed by atoms with Crippen molar-refractivity contribution in [3.63, 3.8) is 0 Å². The second kappa shape index (κ2) is 6.31. The van der Waals surface area contributed by atoms with Crippen molar-refractivity contribution in [1.82, 2.24) is 24.7 Å². The molecule has 18 heavy (non-hydrogen) atoms. The molecule has 1 unspecified atom stereocenters. The summed E-state index contributed by atoms with van der Waals surface area (Å²) in [7, 11) is 6.47. The van der Waals surface area contributed by atoms with Crippen molar-refractivity contribution in [2.24, 2.45) is 7.05 Å². The highest BCUT2D eigenvalue weighted by atomic mass is 15.3. The average Bonchev–Trinajstić information content (AvgIpc) is 2.75. The van der Waals surface area contributed by atoms with Gasteiger partial charge < -0.3 is 14.8 Å². The maximum atomic E-state index is 4.33. The standard InChI is InChI=1S/C13H25N5/c1-16-8-9-17(2)12(11-16)10-14-5-4-13-15-6-7-18(13)3/h6-7,12,14H,4-5,8-11H2,1-3H3. The predicted molar refractivity (Wildman–Crippen MR) is 73.7 cm³/mol. The number of hydrogen-bond acceptors (Lipinski definition) is 4. The molecule has 0 spiro atoms. The zero-order valence-corrected chi connectivity index (χ0v) is 11.8. The quantitative estimate of drug-likeness (QED) is 0.735. The molecule has 1 aromatic rings. The van der Waals surface area contributed by atoms with Gasteiger partial charge in [0.25, 0.3) is 0 Å². The molecule has 0 aromatic carbocycles. The maximum absolute atomic E-state index is 4.33. The summed E-state index contributed by atoms with van der Waals surface area (Å²) in [6.07, 6.45) is 4.86. The Labute approximate surface area is 110 Å². The number of piperazine rings is 1. The Morgan fingerprint density at radius 1 is 1.33 bits per heavy atom. The molecule has 102 valence electrons. The summed E-state index contributed by atoms with van der Waals surface area (Å²) >= 11 is 0. The van der Waals surface area contributed by atoms with E-state index in [2.05, 4.69) is 38.8 Å². The smallest absolute Gasteiger partial charge is 0.109 e. The fraction of sp³-hybridized carbons (Fsp3) is 0.769. The van der Waals surface area contributed by atoms with E-state index in [0.29, 0.717) is 6.04 Å². The first-order valence-corrected chi connectivity index (χ1v) is 6.72. The molecule has 1 saturated heterocycles. The Bertz CT molecular complexity index is 362. The van der Waals surface area contributed by atoms with Crippen molar-refractivity contribution in [2.45, 2.75) is 12.5 Å². The number of aryl methyl sites for hydroxylation is 1. The fourth-order valence-corrected chi connectivity index (χ4v) is 2.43. The number of nitrogens with zero attached hydrogens (tertiary/aromatic N) is 4. The highest BCUT2D eigenvalue weighted by Crippen LogP contribution is 2.04. The lowest BCUT2D eigenvalue weighted by Gasteiger charge is -2.37. The number of rotatable bonds is 5. The minimum Gasteiger partial charge on any atom is -0.338 e. The highest BCUT2D eigenvalue weighted by molar-refractivity contribution is 4.91. The fourth-order valence-electron chi connectivity index (χ4n) is 2.43. The zero-order valence-electron chi connectivity index (χ0n) is 11.8. The number of imidazole rings is 1. The van der Waals surface area contributed by atoms with Gasteiger partial charge in [0.2, 0.25) is 0 Å². The van der Waals surface area contributed by atoms with Gasteiger partial charge in [0.1, 0.15) is 5.82 Å². The van der Waals surface area contributed by atoms with Crippen molar-refractivity contribution in [2.75, 3.05) is 46.8 Å². The summed E-state index contributed by atoms with van der Waals surface area (Å²) in [5.74, 6) is 1.15. The summed E-state index contributed by atoms with van der Waals surface area (Å²) in [6, 6.07) is 0.630. The van der Waals surface area contributed by atoms with E-state index in [1.54, 1.807) is 0 Å². The van der Waals surface area contributed by atoms with Crippen LogP contribution in [0, 0.1) is 0 Å². The van der Waals surface area contributed by atoms with Crippen LogP contribution < -0.4 is 5.32 Å². The van der Waals surface area contributed by atoms with Gasteiger partial charge in [-0.1, -0.05) is 0 Å². The minimum absolute atomic E-state index is 0.630. The normalized spacial score (nSPS) is 22.5. The lowest BCUT2D eigenvalue weighted by Crippen LogP contribution is -2.53. The third-order valence-corrected chi connectivity index (χ3v) is 3.81. The predicted octanol–water partition coefficient (Wildman–Crippen LogP) is -0.202. The molecule has 1 aromatic heterocycles. The van der Waals surface area contributed by atoms with E-state index in [0.717, 1.165) is 31.9 Å². The average molecular weight is 251 g/mol. The number of hydrogen-bond donors (Lipinski definition) is 1. The first-order chi connectivity index (χ1) is 8.66. The lowest BCUT2D eigenvalue weighted by molar-refractivity contribution is 0.113. The van der Waals surface area contributed by atoms with Crippen molar-refractivity contribution in [3.8, 4) is 0 Å². The van der Waals surface area contributed by atoms with Crippen molar-refractivity contribution >= 4 is 0 Å². The van der Waals surface area contributed by atoms with Crippen molar-refractivity contribution < 1.29 is 0 Å². The molecule has 2 heterocycles. The molecule has 2 rings (SSSR count). The van der Waals surface area contributed by atoms with Gasteiger partial charge in [-0.2, -0.15) is 0 Å². The third-order valence-electron chi connectivity index (χ3n) is 3.81. The summed E-state index contributed by atoms with van der Waals surface area (Å²) in [6.45, 7) is 5.57. The van der Waals surface area contributed by atoms with E-state index in [1.165, 1.54) is 13.1 Å². The first-order valence-electron chi connectivity index (χ1n) is 6.72. The molecule has 1 N–H and O–H groups in total. The molecule has 5 heteroatoms. The van der Waals surface area contributed by atoms with Crippen LogP contribution in [0.15, 0.2) is 12.4 Å². The van der Waals surface area contributed by atoms with Gasteiger partial charge in [-0.15, -0.1) is 0 Å². The second-order valence-corrected chi connectivity index (χ2v) is 5.31. The summed E-state index contributed by atoms with van der Waals surface area (Å²) < 4.78 is 2.09. The topological polar surface area (TPSA) is 36.3 Å². The molecule has 0 bridgehead atoms. The second-order valence-electron chi connectivity index (χ2n) is 5.31. The van der Waals surface area contributed by atoms with Crippen LogP contribution in [0.25, 0.3) is 0 Å². The van der Waals surface area contributed by atoms with Crippen molar-refractivity contribution in [1.29, 1.82) is 0 Å². The third kappa shape index (κ3) is 3.54. The molecule has 1 aliphatic rings. The Balaban J connectivity index is 1.67. The molecule has 0 amide bonds. The van der Waals surface area contributed by atoms with Gasteiger partial charge in [-0.25, -0.2) is 4.98 Å². The summed E-state index contributed by atoms with van der Waals surface area (Å²) in [4.78, 5) is 9.19. The van der Waals surface area contributed by atoms with Crippen LogP contribution in [0.4, 0.5) is 0 Å². The summed E-state index contributed by atoms with van der Waals surface area (Å²) in [5, 5.41) is 3.55. The van der Waals surface area contributed by atoms with Crippen LogP contribution >= 0.6 is 0 Å². The zero-order chi connectivity index (χ0) is 13.0. The molecule has 0 saturated carbocycles. The Kier molecular flexibility index (Phi) is 4.74. The van der Waals surface area contributed by atoms with Gasteiger partial charge in [-0.3, -0.25) is 4.90 Å². The minimum atomic E-state index is 0.630. The van der Waals surface area contributed by atoms with Crippen LogP contribution in [-0.4, -0.2) is 72.2 Å². The monoisotopic (exact) mass is 251 g/mol. The highest BCUT2D eigenvalue weighted by Gasteiger charge is 2.21. The van der Waals surface area contributed by atoms with Crippen LogP contribution in [0.5, 0.6) is 0 Å². The van der Waals surface area contributed by atoms with Crippen LogP contribution in [0.2, 0.25) is 0 Å². The number of aromatic nitrogens is 2. The van der Waals surface area contributed by atoms with E-state index < -0.39 is 0 Å². The van der Waals surface area contributed by atoms with Crippen LogP contribution in [-0.2, 0) is 13.5 Å². The van der Waals surface area contributed by atoms with E-state index in [9.17, 15) is 0 Å². The number of likely N-dealkylation sites (N-methyl/N-ethyl adjacent to an activating group) is 2. The Morgan fingerprint density at radius 3 is 2.89 bits per heavy atom. The molecular weight excluding hydrogens is 226 g/mol. The molecular formula is C13H25N5. The molecule has 0 radical (unpaired) electrons. The maximum Gasteiger partial charge on any atom is 0.109 e. The van der Waals surface area contributed by atoms with Crippen LogP contribution in [0.1, 0.15) is 5.82 Å². The molecule has 1 aliphatic heterocycles. The van der Waals surface area contributed by atoms with E-state index >= 15 is 0 Å². The van der Waals surface area contributed by atoms with Gasteiger partial charge in [0.15, 0.2) is 0 Å². The van der Waals surface area contributed by atoms with E-state index in [-0.39, 0.29) is 0 Å². The van der Waals surface area contributed by atoms with Gasteiger partial charge >= 0.3 is 0 Å². The molecule has 1 fully saturated rings. The molecule has 0 aliphatic carbocycles.